The summed E-state index contributed by atoms with van der Waals surface area (Å²) in [5.41, 5.74) is 6.87. The van der Waals surface area contributed by atoms with Crippen molar-refractivity contribution in [1.82, 2.24) is 4.98 Å². The maximum absolute atomic E-state index is 5.80. The van der Waals surface area contributed by atoms with Crippen LogP contribution in [0.2, 0.25) is 0 Å². The molecule has 2 unspecified atom stereocenters. The molecule has 2 atom stereocenters. The number of pyridine rings is 1. The zero-order valence-electron chi connectivity index (χ0n) is 9.89. The van der Waals surface area contributed by atoms with E-state index >= 15 is 0 Å². The van der Waals surface area contributed by atoms with E-state index in [-0.39, 0.29) is 6.04 Å². The minimum absolute atomic E-state index is 0.0451. The van der Waals surface area contributed by atoms with Crippen molar-refractivity contribution in [2.24, 2.45) is 5.73 Å². The van der Waals surface area contributed by atoms with Crippen LogP contribution >= 0.6 is 0 Å². The second-order valence-electron chi connectivity index (χ2n) is 4.36. The van der Waals surface area contributed by atoms with Gasteiger partial charge in [-0.05, 0) is 25.5 Å². The Kier molecular flexibility index (Phi) is 3.41. The lowest BCUT2D eigenvalue weighted by Crippen LogP contribution is -2.44. The largest absolute Gasteiger partial charge is 0.377 e. The van der Waals surface area contributed by atoms with E-state index in [1.165, 1.54) is 0 Å². The average Bonchev–Trinajstić information content (AvgIpc) is 2.30. The Morgan fingerprint density at radius 1 is 1.56 bits per heavy atom. The van der Waals surface area contributed by atoms with E-state index in [1.54, 1.807) is 0 Å². The van der Waals surface area contributed by atoms with Gasteiger partial charge in [-0.1, -0.05) is 6.07 Å². The molecule has 1 saturated heterocycles. The van der Waals surface area contributed by atoms with Crippen molar-refractivity contribution in [2.75, 3.05) is 24.7 Å². The SMILES string of the molecule is CC(N)c1ccc(N2CCOCC2C)nc1. The Morgan fingerprint density at radius 3 is 2.94 bits per heavy atom. The van der Waals surface area contributed by atoms with E-state index < -0.39 is 0 Å². The fraction of sp³-hybridized carbons (Fsp3) is 0.583. The molecule has 0 aromatic carbocycles. The monoisotopic (exact) mass is 221 g/mol. The summed E-state index contributed by atoms with van der Waals surface area (Å²) in [6.07, 6.45) is 1.86. The molecule has 2 N–H and O–H groups in total. The fourth-order valence-corrected chi connectivity index (χ4v) is 1.90. The number of aromatic nitrogens is 1. The summed E-state index contributed by atoms with van der Waals surface area (Å²) >= 11 is 0. The van der Waals surface area contributed by atoms with Crippen molar-refractivity contribution in [1.29, 1.82) is 0 Å². The fourth-order valence-electron chi connectivity index (χ4n) is 1.90. The summed E-state index contributed by atoms with van der Waals surface area (Å²) in [5.74, 6) is 1.01. The average molecular weight is 221 g/mol. The van der Waals surface area contributed by atoms with E-state index in [1.807, 2.05) is 19.2 Å². The van der Waals surface area contributed by atoms with E-state index in [0.29, 0.717) is 6.04 Å². The predicted molar refractivity (Wildman–Crippen MR) is 64.5 cm³/mol. The van der Waals surface area contributed by atoms with Crippen molar-refractivity contribution in [3.8, 4) is 0 Å². The molecular formula is C12H19N3O. The van der Waals surface area contributed by atoms with Gasteiger partial charge in [-0.2, -0.15) is 0 Å². The molecule has 1 fully saturated rings. The van der Waals surface area contributed by atoms with Gasteiger partial charge in [-0.3, -0.25) is 0 Å². The van der Waals surface area contributed by atoms with E-state index in [2.05, 4.69) is 22.9 Å². The van der Waals surface area contributed by atoms with Gasteiger partial charge in [0.05, 0.1) is 19.3 Å². The highest BCUT2D eigenvalue weighted by molar-refractivity contribution is 5.41. The Hall–Kier alpha value is -1.13. The number of anilines is 1. The second kappa shape index (κ2) is 4.80. The van der Waals surface area contributed by atoms with Gasteiger partial charge in [0.1, 0.15) is 5.82 Å². The van der Waals surface area contributed by atoms with Gasteiger partial charge in [0.2, 0.25) is 0 Å². The molecule has 2 rings (SSSR count). The number of morpholine rings is 1. The van der Waals surface area contributed by atoms with Gasteiger partial charge in [-0.15, -0.1) is 0 Å². The molecule has 1 aliphatic rings. The number of hydrogen-bond acceptors (Lipinski definition) is 4. The summed E-state index contributed by atoms with van der Waals surface area (Å²) in [7, 11) is 0. The lowest BCUT2D eigenvalue weighted by atomic mass is 10.1. The maximum atomic E-state index is 5.80. The normalized spacial score (nSPS) is 23.2. The maximum Gasteiger partial charge on any atom is 0.128 e. The molecule has 0 radical (unpaired) electrons. The number of ether oxygens (including phenoxy) is 1. The zero-order valence-corrected chi connectivity index (χ0v) is 9.89. The standard InChI is InChI=1S/C12H19N3O/c1-9-8-16-6-5-15(9)12-4-3-11(7-14-12)10(2)13/h3-4,7,9-10H,5-6,8,13H2,1-2H3. The molecular weight excluding hydrogens is 202 g/mol. The molecule has 0 aliphatic carbocycles. The van der Waals surface area contributed by atoms with Crippen LogP contribution in [0.4, 0.5) is 5.82 Å². The topological polar surface area (TPSA) is 51.4 Å². The number of nitrogens with two attached hydrogens (primary N) is 1. The number of hydrogen-bond donors (Lipinski definition) is 1. The lowest BCUT2D eigenvalue weighted by Gasteiger charge is -2.34. The lowest BCUT2D eigenvalue weighted by molar-refractivity contribution is 0.0985. The van der Waals surface area contributed by atoms with Crippen molar-refractivity contribution >= 4 is 5.82 Å². The third kappa shape index (κ3) is 2.33. The van der Waals surface area contributed by atoms with E-state index in [4.69, 9.17) is 10.5 Å². The van der Waals surface area contributed by atoms with Crippen LogP contribution in [0.3, 0.4) is 0 Å². The Morgan fingerprint density at radius 2 is 2.38 bits per heavy atom. The van der Waals surface area contributed by atoms with Crippen molar-refractivity contribution in [2.45, 2.75) is 25.9 Å². The molecule has 16 heavy (non-hydrogen) atoms. The van der Waals surface area contributed by atoms with Crippen molar-refractivity contribution < 1.29 is 4.74 Å². The molecule has 0 bridgehead atoms. The first-order valence-electron chi connectivity index (χ1n) is 5.74. The molecule has 0 spiro atoms. The van der Waals surface area contributed by atoms with E-state index in [0.717, 1.165) is 31.1 Å². The third-order valence-electron chi connectivity index (χ3n) is 2.96. The molecule has 0 amide bonds. The Labute approximate surface area is 96.4 Å². The Bertz CT molecular complexity index is 337. The van der Waals surface area contributed by atoms with Crippen LogP contribution in [0.1, 0.15) is 25.5 Å². The first-order chi connectivity index (χ1) is 7.68. The van der Waals surface area contributed by atoms with Crippen LogP contribution in [0, 0.1) is 0 Å². The second-order valence-corrected chi connectivity index (χ2v) is 4.36. The predicted octanol–water partition coefficient (Wildman–Crippen LogP) is 1.33. The molecule has 4 nitrogen and oxygen atoms in total. The first-order valence-corrected chi connectivity index (χ1v) is 5.74. The smallest absolute Gasteiger partial charge is 0.128 e. The molecule has 1 aromatic heterocycles. The highest BCUT2D eigenvalue weighted by Crippen LogP contribution is 2.18. The summed E-state index contributed by atoms with van der Waals surface area (Å²) in [5, 5.41) is 0. The van der Waals surface area contributed by atoms with Crippen molar-refractivity contribution in [3.05, 3.63) is 23.9 Å². The summed E-state index contributed by atoms with van der Waals surface area (Å²) in [4.78, 5) is 6.74. The zero-order chi connectivity index (χ0) is 11.5. The van der Waals surface area contributed by atoms with Crippen molar-refractivity contribution in [3.63, 3.8) is 0 Å². The van der Waals surface area contributed by atoms with Crippen LogP contribution in [0.25, 0.3) is 0 Å². The van der Waals surface area contributed by atoms with Crippen LogP contribution in [0.15, 0.2) is 18.3 Å². The minimum Gasteiger partial charge on any atom is -0.377 e. The molecule has 1 aliphatic heterocycles. The van der Waals surface area contributed by atoms with Gasteiger partial charge >= 0.3 is 0 Å². The highest BCUT2D eigenvalue weighted by atomic mass is 16.5. The molecule has 88 valence electrons. The number of nitrogens with zero attached hydrogens (tertiary/aromatic N) is 2. The van der Waals surface area contributed by atoms with Gasteiger partial charge in [0.15, 0.2) is 0 Å². The third-order valence-corrected chi connectivity index (χ3v) is 2.96. The molecule has 2 heterocycles. The summed E-state index contributed by atoms with van der Waals surface area (Å²) in [6, 6.07) is 4.53. The minimum atomic E-state index is 0.0451. The molecule has 0 saturated carbocycles. The summed E-state index contributed by atoms with van der Waals surface area (Å²) < 4.78 is 5.41. The van der Waals surface area contributed by atoms with Crippen LogP contribution < -0.4 is 10.6 Å². The van der Waals surface area contributed by atoms with Gasteiger partial charge in [-0.25, -0.2) is 4.98 Å². The highest BCUT2D eigenvalue weighted by Gasteiger charge is 2.19. The Balaban J connectivity index is 2.14. The first kappa shape index (κ1) is 11.4. The van der Waals surface area contributed by atoms with Gasteiger partial charge in [0, 0.05) is 18.8 Å². The molecule has 4 heteroatoms. The van der Waals surface area contributed by atoms with E-state index in [9.17, 15) is 0 Å². The van der Waals surface area contributed by atoms with Gasteiger partial charge in [0.25, 0.3) is 0 Å². The summed E-state index contributed by atoms with van der Waals surface area (Å²) in [6.45, 7) is 6.58. The van der Waals surface area contributed by atoms with Crippen LogP contribution in [0.5, 0.6) is 0 Å². The molecule has 1 aromatic rings. The van der Waals surface area contributed by atoms with Crippen LogP contribution in [-0.2, 0) is 4.74 Å². The van der Waals surface area contributed by atoms with Crippen LogP contribution in [-0.4, -0.2) is 30.8 Å². The number of rotatable bonds is 2. The van der Waals surface area contributed by atoms with Gasteiger partial charge < -0.3 is 15.4 Å². The quantitative estimate of drug-likeness (QED) is 0.818.